The molecule has 4 nitrogen and oxygen atoms in total. The molecule has 144 valence electrons. The zero-order valence-corrected chi connectivity index (χ0v) is 16.5. The fourth-order valence-electron chi connectivity index (χ4n) is 5.66. The van der Waals surface area contributed by atoms with E-state index in [0.29, 0.717) is 12.2 Å². The molecule has 0 aromatic carbocycles. The van der Waals surface area contributed by atoms with Crippen LogP contribution in [0.25, 0.3) is 0 Å². The highest BCUT2D eigenvalue weighted by molar-refractivity contribution is 5.85. The maximum Gasteiger partial charge on any atom is 0.302 e. The summed E-state index contributed by atoms with van der Waals surface area (Å²) in [7, 11) is 0. The van der Waals surface area contributed by atoms with Crippen LogP contribution < -0.4 is 0 Å². The van der Waals surface area contributed by atoms with Gasteiger partial charge >= 0.3 is 5.97 Å². The number of hydrogen-bond acceptors (Lipinski definition) is 4. The number of allylic oxidation sites excluding steroid dienone is 1. The van der Waals surface area contributed by atoms with E-state index < -0.39 is 11.5 Å². The van der Waals surface area contributed by atoms with Crippen LogP contribution in [0.2, 0.25) is 0 Å². The third kappa shape index (κ3) is 3.06. The topological polar surface area (TPSA) is 63.6 Å². The van der Waals surface area contributed by atoms with Crippen LogP contribution in [0.5, 0.6) is 0 Å². The number of Topliss-reactive ketones (excluding diaryl/α,β-unsaturated/α-hetero) is 1. The van der Waals surface area contributed by atoms with Crippen molar-refractivity contribution in [2.75, 3.05) is 0 Å². The highest BCUT2D eigenvalue weighted by Crippen LogP contribution is 2.56. The number of carbonyl (C=O) groups is 2. The monoisotopic (exact) mass is 360 g/mol. The lowest BCUT2D eigenvalue weighted by Gasteiger charge is -2.53. The second kappa shape index (κ2) is 6.63. The minimum Gasteiger partial charge on any atom is -0.462 e. The maximum absolute atomic E-state index is 13.2. The van der Waals surface area contributed by atoms with Crippen molar-refractivity contribution < 1.29 is 19.4 Å². The molecule has 3 rings (SSSR count). The summed E-state index contributed by atoms with van der Waals surface area (Å²) in [4.78, 5) is 24.8. The number of carbonyl (C=O) groups excluding carboxylic acids is 2. The maximum atomic E-state index is 13.2. The number of ketones is 1. The summed E-state index contributed by atoms with van der Waals surface area (Å²) in [6, 6.07) is 0. The molecule has 26 heavy (non-hydrogen) atoms. The van der Waals surface area contributed by atoms with Crippen LogP contribution in [0.4, 0.5) is 0 Å². The summed E-state index contributed by atoms with van der Waals surface area (Å²) >= 11 is 0. The van der Waals surface area contributed by atoms with Crippen LogP contribution in [0.15, 0.2) is 23.8 Å². The number of aliphatic hydroxyl groups excluding tert-OH is 1. The Morgan fingerprint density at radius 3 is 2.65 bits per heavy atom. The van der Waals surface area contributed by atoms with Crippen molar-refractivity contribution in [1.82, 2.24) is 0 Å². The van der Waals surface area contributed by atoms with E-state index in [1.54, 1.807) is 0 Å². The van der Waals surface area contributed by atoms with Gasteiger partial charge in [0.25, 0.3) is 0 Å². The van der Waals surface area contributed by atoms with Gasteiger partial charge < -0.3 is 9.84 Å². The first kappa shape index (κ1) is 19.3. The van der Waals surface area contributed by atoms with Crippen molar-refractivity contribution in [3.8, 4) is 0 Å². The van der Waals surface area contributed by atoms with Crippen LogP contribution in [0, 0.1) is 22.7 Å². The molecule has 0 aromatic heterocycles. The van der Waals surface area contributed by atoms with Gasteiger partial charge in [0.1, 0.15) is 11.9 Å². The zero-order valence-electron chi connectivity index (χ0n) is 16.5. The van der Waals surface area contributed by atoms with Crippen LogP contribution in [-0.4, -0.2) is 29.1 Å². The van der Waals surface area contributed by atoms with E-state index in [-0.39, 0.29) is 29.3 Å². The molecule has 0 saturated heterocycles. The number of ether oxygens (including phenoxy) is 1. The van der Waals surface area contributed by atoms with Crippen molar-refractivity contribution in [2.24, 2.45) is 22.7 Å². The molecule has 2 saturated carbocycles. The molecule has 0 heterocycles. The van der Waals surface area contributed by atoms with Gasteiger partial charge in [-0.05, 0) is 55.1 Å². The Labute approximate surface area is 156 Å². The second-order valence-corrected chi connectivity index (χ2v) is 9.28. The highest BCUT2D eigenvalue weighted by Gasteiger charge is 2.55. The predicted octanol–water partition coefficient (Wildman–Crippen LogP) is 3.98. The summed E-state index contributed by atoms with van der Waals surface area (Å²) in [6.45, 7) is 11.9. The largest absolute Gasteiger partial charge is 0.462 e. The van der Waals surface area contributed by atoms with Gasteiger partial charge in [-0.25, -0.2) is 0 Å². The van der Waals surface area contributed by atoms with Gasteiger partial charge in [0.05, 0.1) is 6.10 Å². The lowest BCUT2D eigenvalue weighted by molar-refractivity contribution is -0.170. The molecule has 0 amide bonds. The van der Waals surface area contributed by atoms with Crippen LogP contribution in [-0.2, 0) is 14.3 Å². The van der Waals surface area contributed by atoms with E-state index >= 15 is 0 Å². The highest BCUT2D eigenvalue weighted by atomic mass is 16.5. The number of fused-ring (bicyclic) bond motifs is 3. The third-order valence-corrected chi connectivity index (χ3v) is 7.41. The van der Waals surface area contributed by atoms with Crippen molar-refractivity contribution in [3.05, 3.63) is 23.8 Å². The van der Waals surface area contributed by atoms with E-state index in [9.17, 15) is 14.7 Å². The second-order valence-electron chi connectivity index (χ2n) is 9.28. The van der Waals surface area contributed by atoms with Crippen molar-refractivity contribution >= 4 is 11.8 Å². The lowest BCUT2D eigenvalue weighted by atomic mass is 9.52. The fourth-order valence-corrected chi connectivity index (χ4v) is 5.66. The van der Waals surface area contributed by atoms with E-state index in [1.807, 2.05) is 0 Å². The summed E-state index contributed by atoms with van der Waals surface area (Å²) < 4.78 is 5.63. The Hall–Kier alpha value is -1.42. The molecule has 2 bridgehead atoms. The number of aliphatic hydroxyl groups is 1. The Bertz CT molecular complexity index is 659. The third-order valence-electron chi connectivity index (χ3n) is 7.41. The van der Waals surface area contributed by atoms with E-state index in [1.165, 1.54) is 6.92 Å². The average Bonchev–Trinajstić information content (AvgIpc) is 2.82. The lowest BCUT2D eigenvalue weighted by Crippen LogP contribution is -2.54. The molecule has 0 aromatic rings. The van der Waals surface area contributed by atoms with Gasteiger partial charge in [-0.3, -0.25) is 9.59 Å². The normalized spacial score (nSPS) is 41.8. The van der Waals surface area contributed by atoms with E-state index in [4.69, 9.17) is 4.74 Å². The molecule has 0 unspecified atom stereocenters. The van der Waals surface area contributed by atoms with Gasteiger partial charge in [-0.2, -0.15) is 0 Å². The van der Waals surface area contributed by atoms with Crippen molar-refractivity contribution in [1.29, 1.82) is 0 Å². The minimum atomic E-state index is -0.574. The van der Waals surface area contributed by atoms with Crippen LogP contribution >= 0.6 is 0 Å². The summed E-state index contributed by atoms with van der Waals surface area (Å²) in [5.41, 5.74) is 1.18. The number of hydrogen-bond donors (Lipinski definition) is 1. The Balaban J connectivity index is 1.99. The standard InChI is InChI=1S/C22H32O4/c1-13-15-7-9-18(24)22(5)11-10-19(26-14(2)23)21(3,4)17(22)8-6-16(12-15)20(13)25/h6,15,17,19-20,25H,1,7-12H2,2-5H3/b16-6+/t15-,17-,19+,20-,22-/m1/s1. The fraction of sp³-hybridized carbons (Fsp3) is 0.727. The Kier molecular flexibility index (Phi) is 4.93. The van der Waals surface area contributed by atoms with Crippen LogP contribution in [0.1, 0.15) is 66.2 Å². The summed E-state index contributed by atoms with van der Waals surface area (Å²) in [5.74, 6) is 0.334. The van der Waals surface area contributed by atoms with Gasteiger partial charge in [0, 0.05) is 24.2 Å². The SMILES string of the molecule is C=C1[C@@H]2CCC(=O)[C@]3(C)CC[C@H](OC(C)=O)C(C)(C)[C@H]3C/C=C(\C2)[C@@H]1O. The molecular formula is C22H32O4. The molecule has 4 heteroatoms. The van der Waals surface area contributed by atoms with Gasteiger partial charge in [-0.15, -0.1) is 0 Å². The van der Waals surface area contributed by atoms with Crippen molar-refractivity contribution in [2.45, 2.75) is 78.4 Å². The van der Waals surface area contributed by atoms with Crippen LogP contribution in [0.3, 0.4) is 0 Å². The molecule has 0 radical (unpaired) electrons. The first-order valence-electron chi connectivity index (χ1n) is 9.83. The first-order chi connectivity index (χ1) is 12.1. The molecule has 0 aliphatic heterocycles. The predicted molar refractivity (Wildman–Crippen MR) is 100 cm³/mol. The molecule has 1 N–H and O–H groups in total. The Morgan fingerprint density at radius 2 is 2.00 bits per heavy atom. The van der Waals surface area contributed by atoms with Gasteiger partial charge in [0.2, 0.25) is 0 Å². The van der Waals surface area contributed by atoms with Crippen molar-refractivity contribution in [3.63, 3.8) is 0 Å². The molecule has 5 atom stereocenters. The van der Waals surface area contributed by atoms with Gasteiger partial charge in [0.15, 0.2) is 0 Å². The molecule has 2 fully saturated rings. The minimum absolute atomic E-state index is 0.0747. The quantitative estimate of drug-likeness (QED) is 0.567. The van der Waals surface area contributed by atoms with E-state index in [2.05, 4.69) is 33.4 Å². The molecule has 0 spiro atoms. The molecule has 3 aliphatic carbocycles. The molecular weight excluding hydrogens is 328 g/mol. The molecule has 3 aliphatic rings. The Morgan fingerprint density at radius 1 is 1.31 bits per heavy atom. The zero-order chi connectivity index (χ0) is 19.3. The summed E-state index contributed by atoms with van der Waals surface area (Å²) in [6.07, 6.45) is 5.68. The number of rotatable bonds is 1. The summed E-state index contributed by atoms with van der Waals surface area (Å²) in [5, 5.41) is 10.5. The number of esters is 1. The first-order valence-corrected chi connectivity index (χ1v) is 9.83. The van der Waals surface area contributed by atoms with E-state index in [0.717, 1.165) is 43.3 Å². The van der Waals surface area contributed by atoms with Gasteiger partial charge in [-0.1, -0.05) is 33.4 Å². The smallest absolute Gasteiger partial charge is 0.302 e. The average molecular weight is 360 g/mol.